The molecule has 1 aromatic rings. The highest BCUT2D eigenvalue weighted by Crippen LogP contribution is 2.09. The Morgan fingerprint density at radius 3 is 2.67 bits per heavy atom. The van der Waals surface area contributed by atoms with Crippen molar-refractivity contribution in [3.8, 4) is 0 Å². The molecule has 0 aromatic carbocycles. The standard InChI is InChI=1S/C9H9N3O3/c13-8(12-3-1-2-4-12)6-7(9(14)15)11-5-10-6/h1-2,5H,3-4H2,(H,10,11)(H,14,15). The van der Waals surface area contributed by atoms with E-state index >= 15 is 0 Å². The van der Waals surface area contributed by atoms with Crippen LogP contribution in [0.1, 0.15) is 21.0 Å². The molecule has 1 aliphatic heterocycles. The Morgan fingerprint density at radius 1 is 1.40 bits per heavy atom. The predicted octanol–water partition coefficient (Wildman–Crippen LogP) is 0.120. The molecule has 0 bridgehead atoms. The van der Waals surface area contributed by atoms with Crippen LogP contribution in [0.15, 0.2) is 18.5 Å². The molecule has 6 heteroatoms. The number of carbonyl (C=O) groups excluding carboxylic acids is 1. The Balaban J connectivity index is 2.25. The lowest BCUT2D eigenvalue weighted by Crippen LogP contribution is -2.29. The number of hydrogen-bond donors (Lipinski definition) is 2. The second-order valence-electron chi connectivity index (χ2n) is 3.11. The van der Waals surface area contributed by atoms with Crippen LogP contribution in [-0.2, 0) is 0 Å². The quantitative estimate of drug-likeness (QED) is 0.674. The summed E-state index contributed by atoms with van der Waals surface area (Å²) in [6.45, 7) is 1.01. The number of carboxylic acids is 1. The summed E-state index contributed by atoms with van der Waals surface area (Å²) >= 11 is 0. The summed E-state index contributed by atoms with van der Waals surface area (Å²) in [5.74, 6) is -1.54. The molecule has 6 nitrogen and oxygen atoms in total. The lowest BCUT2D eigenvalue weighted by atomic mass is 10.3. The van der Waals surface area contributed by atoms with Crippen molar-refractivity contribution in [1.29, 1.82) is 0 Å². The number of hydrogen-bond acceptors (Lipinski definition) is 3. The molecule has 0 saturated carbocycles. The summed E-state index contributed by atoms with van der Waals surface area (Å²) < 4.78 is 0. The normalized spacial score (nSPS) is 14.5. The third kappa shape index (κ3) is 1.61. The van der Waals surface area contributed by atoms with Crippen molar-refractivity contribution >= 4 is 11.9 Å². The summed E-state index contributed by atoms with van der Waals surface area (Å²) in [6, 6.07) is 0. The monoisotopic (exact) mass is 207 g/mol. The summed E-state index contributed by atoms with van der Waals surface area (Å²) in [7, 11) is 0. The van der Waals surface area contributed by atoms with Gasteiger partial charge in [0, 0.05) is 13.1 Å². The average Bonchev–Trinajstić information content (AvgIpc) is 2.88. The third-order valence-electron chi connectivity index (χ3n) is 2.16. The van der Waals surface area contributed by atoms with Gasteiger partial charge in [0.05, 0.1) is 6.33 Å². The number of imidazole rings is 1. The summed E-state index contributed by atoms with van der Waals surface area (Å²) in [6.07, 6.45) is 4.91. The predicted molar refractivity (Wildman–Crippen MR) is 50.6 cm³/mol. The van der Waals surface area contributed by atoms with E-state index in [1.54, 1.807) is 0 Å². The first kappa shape index (κ1) is 9.45. The molecule has 0 spiro atoms. The number of aromatic nitrogens is 2. The zero-order chi connectivity index (χ0) is 10.8. The van der Waals surface area contributed by atoms with E-state index in [1.807, 2.05) is 12.2 Å². The number of rotatable bonds is 2. The van der Waals surface area contributed by atoms with E-state index in [1.165, 1.54) is 11.2 Å². The van der Waals surface area contributed by atoms with E-state index in [0.717, 1.165) is 0 Å². The molecule has 1 amide bonds. The van der Waals surface area contributed by atoms with Gasteiger partial charge in [-0.05, 0) is 0 Å². The minimum atomic E-state index is -1.18. The fourth-order valence-electron chi connectivity index (χ4n) is 1.41. The highest BCUT2D eigenvalue weighted by atomic mass is 16.4. The smallest absolute Gasteiger partial charge is 0.354 e. The number of carbonyl (C=O) groups is 2. The van der Waals surface area contributed by atoms with Gasteiger partial charge in [0.1, 0.15) is 0 Å². The van der Waals surface area contributed by atoms with E-state index in [0.29, 0.717) is 13.1 Å². The SMILES string of the molecule is O=C(O)c1[nH]cnc1C(=O)N1CC=CC1. The topological polar surface area (TPSA) is 86.3 Å². The van der Waals surface area contributed by atoms with Crippen LogP contribution in [0.3, 0.4) is 0 Å². The van der Waals surface area contributed by atoms with Gasteiger partial charge in [0.15, 0.2) is 11.4 Å². The largest absolute Gasteiger partial charge is 0.477 e. The van der Waals surface area contributed by atoms with Gasteiger partial charge in [-0.15, -0.1) is 0 Å². The van der Waals surface area contributed by atoms with Crippen LogP contribution in [-0.4, -0.2) is 44.9 Å². The van der Waals surface area contributed by atoms with E-state index in [9.17, 15) is 9.59 Å². The van der Waals surface area contributed by atoms with Crippen LogP contribution in [0.5, 0.6) is 0 Å². The third-order valence-corrected chi connectivity index (χ3v) is 2.16. The minimum Gasteiger partial charge on any atom is -0.477 e. The fourth-order valence-corrected chi connectivity index (χ4v) is 1.41. The van der Waals surface area contributed by atoms with E-state index in [-0.39, 0.29) is 17.3 Å². The molecule has 2 heterocycles. The van der Waals surface area contributed by atoms with Gasteiger partial charge in [-0.3, -0.25) is 4.79 Å². The Kier molecular flexibility index (Phi) is 2.24. The number of nitrogens with one attached hydrogen (secondary N) is 1. The van der Waals surface area contributed by atoms with Crippen LogP contribution >= 0.6 is 0 Å². The lowest BCUT2D eigenvalue weighted by molar-refractivity contribution is 0.0676. The number of carboxylic acid groups (broad SMARTS) is 1. The molecule has 0 fully saturated rings. The maximum atomic E-state index is 11.8. The first-order chi connectivity index (χ1) is 7.20. The molecule has 2 N–H and O–H groups in total. The summed E-state index contributed by atoms with van der Waals surface area (Å²) in [5, 5.41) is 8.79. The van der Waals surface area contributed by atoms with Gasteiger partial charge < -0.3 is 15.0 Å². The van der Waals surface area contributed by atoms with Crippen LogP contribution < -0.4 is 0 Å². The van der Waals surface area contributed by atoms with Crippen molar-refractivity contribution in [3.63, 3.8) is 0 Å². The van der Waals surface area contributed by atoms with Crippen molar-refractivity contribution in [2.24, 2.45) is 0 Å². The first-order valence-corrected chi connectivity index (χ1v) is 4.41. The van der Waals surface area contributed by atoms with Crippen molar-refractivity contribution in [3.05, 3.63) is 29.9 Å². The minimum absolute atomic E-state index is 0.0359. The fraction of sp³-hybridized carbons (Fsp3) is 0.222. The number of aromatic amines is 1. The molecule has 0 atom stereocenters. The highest BCUT2D eigenvalue weighted by molar-refractivity contribution is 6.02. The number of aromatic carboxylic acids is 1. The molecule has 1 aliphatic rings. The van der Waals surface area contributed by atoms with Gasteiger partial charge in [0.2, 0.25) is 0 Å². The second kappa shape index (κ2) is 3.56. The number of amides is 1. The van der Waals surface area contributed by atoms with Gasteiger partial charge in [-0.1, -0.05) is 12.2 Å². The maximum absolute atomic E-state index is 11.8. The summed E-state index contributed by atoms with van der Waals surface area (Å²) in [5.41, 5.74) is -0.196. The molecular weight excluding hydrogens is 198 g/mol. The first-order valence-electron chi connectivity index (χ1n) is 4.41. The molecule has 0 unspecified atom stereocenters. The van der Waals surface area contributed by atoms with Crippen LogP contribution in [0.4, 0.5) is 0 Å². The Morgan fingerprint density at radius 2 is 2.07 bits per heavy atom. The van der Waals surface area contributed by atoms with E-state index in [4.69, 9.17) is 5.11 Å². The molecule has 15 heavy (non-hydrogen) atoms. The maximum Gasteiger partial charge on any atom is 0.354 e. The lowest BCUT2D eigenvalue weighted by Gasteiger charge is -2.13. The molecule has 0 aliphatic carbocycles. The van der Waals surface area contributed by atoms with Gasteiger partial charge in [-0.25, -0.2) is 9.78 Å². The second-order valence-corrected chi connectivity index (χ2v) is 3.11. The molecule has 0 radical (unpaired) electrons. The molecule has 78 valence electrons. The van der Waals surface area contributed by atoms with E-state index < -0.39 is 5.97 Å². The average molecular weight is 207 g/mol. The zero-order valence-electron chi connectivity index (χ0n) is 7.80. The van der Waals surface area contributed by atoms with Gasteiger partial charge >= 0.3 is 5.97 Å². The number of nitrogens with zero attached hydrogens (tertiary/aromatic N) is 2. The van der Waals surface area contributed by atoms with Gasteiger partial charge in [0.25, 0.3) is 5.91 Å². The Labute approximate surface area is 85.2 Å². The highest BCUT2D eigenvalue weighted by Gasteiger charge is 2.24. The van der Waals surface area contributed by atoms with Gasteiger partial charge in [-0.2, -0.15) is 0 Å². The molecular formula is C9H9N3O3. The van der Waals surface area contributed by atoms with Crippen LogP contribution in [0.25, 0.3) is 0 Å². The van der Waals surface area contributed by atoms with E-state index in [2.05, 4.69) is 9.97 Å². The molecule has 2 rings (SSSR count). The summed E-state index contributed by atoms with van der Waals surface area (Å²) in [4.78, 5) is 30.2. The van der Waals surface area contributed by atoms with Crippen molar-refractivity contribution < 1.29 is 14.7 Å². The van der Waals surface area contributed by atoms with Crippen LogP contribution in [0, 0.1) is 0 Å². The molecule has 1 aromatic heterocycles. The molecule has 0 saturated heterocycles. The Hall–Kier alpha value is -2.11. The van der Waals surface area contributed by atoms with Crippen molar-refractivity contribution in [2.45, 2.75) is 0 Å². The van der Waals surface area contributed by atoms with Crippen molar-refractivity contribution in [1.82, 2.24) is 14.9 Å². The number of H-pyrrole nitrogens is 1. The Bertz CT molecular complexity index is 428. The van der Waals surface area contributed by atoms with Crippen molar-refractivity contribution in [2.75, 3.05) is 13.1 Å². The zero-order valence-corrected chi connectivity index (χ0v) is 7.80. The van der Waals surface area contributed by atoms with Crippen LogP contribution in [0.2, 0.25) is 0 Å².